The Kier molecular flexibility index (Phi) is 3.40. The van der Waals surface area contributed by atoms with Crippen molar-refractivity contribution >= 4 is 0 Å². The van der Waals surface area contributed by atoms with Crippen molar-refractivity contribution in [3.8, 4) is 0 Å². The Morgan fingerprint density at radius 3 is 2.33 bits per heavy atom. The first kappa shape index (κ1) is 12.2. The lowest BCUT2D eigenvalue weighted by atomic mass is 9.97. The first-order chi connectivity index (χ1) is 8.72. The van der Waals surface area contributed by atoms with E-state index in [9.17, 15) is 0 Å². The van der Waals surface area contributed by atoms with Gasteiger partial charge in [-0.3, -0.25) is 4.90 Å². The van der Waals surface area contributed by atoms with Crippen molar-refractivity contribution in [1.82, 2.24) is 4.90 Å². The summed E-state index contributed by atoms with van der Waals surface area (Å²) in [6, 6.07) is 11.0. The summed E-state index contributed by atoms with van der Waals surface area (Å²) < 4.78 is 0. The number of aryl methyl sites for hydroxylation is 1. The number of fused-ring (bicyclic) bond motifs is 2. The van der Waals surface area contributed by atoms with Gasteiger partial charge in [0, 0.05) is 24.7 Å². The van der Waals surface area contributed by atoms with Gasteiger partial charge >= 0.3 is 0 Å². The average molecular weight is 244 g/mol. The monoisotopic (exact) mass is 244 g/mol. The molecule has 0 spiro atoms. The van der Waals surface area contributed by atoms with Crippen LogP contribution in [0.25, 0.3) is 0 Å². The molecule has 0 saturated carbocycles. The number of benzene rings is 1. The van der Waals surface area contributed by atoms with Crippen LogP contribution in [0.15, 0.2) is 24.3 Å². The van der Waals surface area contributed by atoms with Crippen molar-refractivity contribution in [3.63, 3.8) is 0 Å². The lowest BCUT2D eigenvalue weighted by molar-refractivity contribution is 0.129. The number of nitrogens with two attached hydrogens (primary N) is 1. The van der Waals surface area contributed by atoms with E-state index >= 15 is 0 Å². The molecule has 2 fully saturated rings. The molecule has 2 heterocycles. The number of hydrogen-bond acceptors (Lipinski definition) is 2. The minimum atomic E-state index is 0.457. The summed E-state index contributed by atoms with van der Waals surface area (Å²) in [4.78, 5) is 2.73. The Morgan fingerprint density at radius 2 is 1.72 bits per heavy atom. The molecule has 2 unspecified atom stereocenters. The van der Waals surface area contributed by atoms with E-state index in [1.54, 1.807) is 0 Å². The molecule has 3 rings (SSSR count). The molecule has 0 aromatic heterocycles. The van der Waals surface area contributed by atoms with Gasteiger partial charge in [0.05, 0.1) is 0 Å². The summed E-state index contributed by atoms with van der Waals surface area (Å²) in [5.41, 5.74) is 8.93. The first-order valence-corrected chi connectivity index (χ1v) is 7.29. The SMILES string of the molecule is Cc1ccc(CCN2C3CCC2CC(N)C3)cc1. The van der Waals surface area contributed by atoms with Crippen molar-refractivity contribution in [1.29, 1.82) is 0 Å². The number of piperidine rings is 1. The lowest BCUT2D eigenvalue weighted by Crippen LogP contribution is -2.48. The second-order valence-electron chi connectivity index (χ2n) is 6.09. The van der Waals surface area contributed by atoms with Crippen LogP contribution >= 0.6 is 0 Å². The zero-order valence-corrected chi connectivity index (χ0v) is 11.3. The smallest absolute Gasteiger partial charge is 0.0114 e. The Bertz CT molecular complexity index is 384. The zero-order chi connectivity index (χ0) is 12.5. The maximum Gasteiger partial charge on any atom is 0.0114 e. The molecule has 2 aliphatic heterocycles. The van der Waals surface area contributed by atoms with Crippen molar-refractivity contribution < 1.29 is 0 Å². The molecule has 2 N–H and O–H groups in total. The highest BCUT2D eigenvalue weighted by Gasteiger charge is 2.38. The van der Waals surface area contributed by atoms with Crippen LogP contribution in [0.4, 0.5) is 0 Å². The molecule has 2 saturated heterocycles. The highest BCUT2D eigenvalue weighted by Crippen LogP contribution is 2.34. The maximum absolute atomic E-state index is 6.12. The van der Waals surface area contributed by atoms with Gasteiger partial charge in [-0.05, 0) is 44.6 Å². The van der Waals surface area contributed by atoms with Gasteiger partial charge < -0.3 is 5.73 Å². The quantitative estimate of drug-likeness (QED) is 0.885. The second kappa shape index (κ2) is 5.02. The number of hydrogen-bond donors (Lipinski definition) is 1. The average Bonchev–Trinajstić information content (AvgIpc) is 2.60. The summed E-state index contributed by atoms with van der Waals surface area (Å²) in [5, 5.41) is 0. The molecule has 2 bridgehead atoms. The fourth-order valence-corrected chi connectivity index (χ4v) is 3.69. The van der Waals surface area contributed by atoms with E-state index in [1.807, 2.05) is 0 Å². The summed E-state index contributed by atoms with van der Waals surface area (Å²) >= 11 is 0. The molecule has 2 nitrogen and oxygen atoms in total. The van der Waals surface area contributed by atoms with Crippen molar-refractivity contribution in [2.45, 2.75) is 57.2 Å². The van der Waals surface area contributed by atoms with Gasteiger partial charge in [-0.2, -0.15) is 0 Å². The standard InChI is InChI=1S/C16H24N2/c1-12-2-4-13(5-3-12)8-9-18-15-6-7-16(18)11-14(17)10-15/h2-5,14-16H,6-11,17H2,1H3. The molecule has 0 aliphatic carbocycles. The third-order valence-electron chi connectivity index (χ3n) is 4.70. The number of rotatable bonds is 3. The number of nitrogens with zero attached hydrogens (tertiary/aromatic N) is 1. The topological polar surface area (TPSA) is 29.3 Å². The fraction of sp³-hybridized carbons (Fsp3) is 0.625. The van der Waals surface area contributed by atoms with Gasteiger partial charge in [0.1, 0.15) is 0 Å². The third-order valence-corrected chi connectivity index (χ3v) is 4.70. The van der Waals surface area contributed by atoms with E-state index in [4.69, 9.17) is 5.73 Å². The van der Waals surface area contributed by atoms with Crippen LogP contribution < -0.4 is 5.73 Å². The highest BCUT2D eigenvalue weighted by molar-refractivity contribution is 5.21. The summed E-state index contributed by atoms with van der Waals surface area (Å²) in [5.74, 6) is 0. The summed E-state index contributed by atoms with van der Waals surface area (Å²) in [6.07, 6.45) is 6.34. The van der Waals surface area contributed by atoms with E-state index in [0.29, 0.717) is 6.04 Å². The van der Waals surface area contributed by atoms with Gasteiger partial charge in [-0.15, -0.1) is 0 Å². The van der Waals surface area contributed by atoms with Crippen LogP contribution in [-0.4, -0.2) is 29.6 Å². The molecule has 2 aliphatic rings. The Labute approximate surface area is 110 Å². The van der Waals surface area contributed by atoms with E-state index in [-0.39, 0.29) is 0 Å². The van der Waals surface area contributed by atoms with Crippen LogP contribution in [-0.2, 0) is 6.42 Å². The molecular formula is C16H24N2. The molecule has 2 atom stereocenters. The van der Waals surface area contributed by atoms with Gasteiger partial charge in [-0.1, -0.05) is 29.8 Å². The predicted octanol–water partition coefficient (Wildman–Crippen LogP) is 2.49. The van der Waals surface area contributed by atoms with E-state index in [2.05, 4.69) is 36.1 Å². The lowest BCUT2D eigenvalue weighted by Gasteiger charge is -2.37. The van der Waals surface area contributed by atoms with Crippen LogP contribution in [0.1, 0.15) is 36.8 Å². The second-order valence-corrected chi connectivity index (χ2v) is 6.09. The molecule has 18 heavy (non-hydrogen) atoms. The van der Waals surface area contributed by atoms with Crippen LogP contribution in [0.2, 0.25) is 0 Å². The Balaban J connectivity index is 1.59. The zero-order valence-electron chi connectivity index (χ0n) is 11.3. The molecular weight excluding hydrogens is 220 g/mol. The van der Waals surface area contributed by atoms with Gasteiger partial charge in [0.2, 0.25) is 0 Å². The van der Waals surface area contributed by atoms with Gasteiger partial charge in [0.25, 0.3) is 0 Å². The Morgan fingerprint density at radius 1 is 1.11 bits per heavy atom. The van der Waals surface area contributed by atoms with E-state index < -0.39 is 0 Å². The maximum atomic E-state index is 6.12. The van der Waals surface area contributed by atoms with Crippen LogP contribution in [0, 0.1) is 6.92 Å². The highest BCUT2D eigenvalue weighted by atomic mass is 15.2. The van der Waals surface area contributed by atoms with Crippen molar-refractivity contribution in [3.05, 3.63) is 35.4 Å². The summed E-state index contributed by atoms with van der Waals surface area (Å²) in [6.45, 7) is 3.36. The van der Waals surface area contributed by atoms with Crippen molar-refractivity contribution in [2.75, 3.05) is 6.54 Å². The van der Waals surface area contributed by atoms with E-state index in [0.717, 1.165) is 12.1 Å². The fourth-order valence-electron chi connectivity index (χ4n) is 3.69. The minimum absolute atomic E-state index is 0.457. The third kappa shape index (κ3) is 2.45. The van der Waals surface area contributed by atoms with Crippen molar-refractivity contribution in [2.24, 2.45) is 5.73 Å². The molecule has 98 valence electrons. The molecule has 0 amide bonds. The molecule has 2 heteroatoms. The normalized spacial score (nSPS) is 31.8. The molecule has 1 aromatic rings. The first-order valence-electron chi connectivity index (χ1n) is 7.29. The van der Waals surface area contributed by atoms with Crippen LogP contribution in [0.3, 0.4) is 0 Å². The molecule has 0 radical (unpaired) electrons. The summed E-state index contributed by atoms with van der Waals surface area (Å²) in [7, 11) is 0. The largest absolute Gasteiger partial charge is 0.328 e. The Hall–Kier alpha value is -0.860. The predicted molar refractivity (Wildman–Crippen MR) is 75.6 cm³/mol. The molecule has 1 aromatic carbocycles. The van der Waals surface area contributed by atoms with Crippen LogP contribution in [0.5, 0.6) is 0 Å². The van der Waals surface area contributed by atoms with Gasteiger partial charge in [0.15, 0.2) is 0 Å². The van der Waals surface area contributed by atoms with E-state index in [1.165, 1.54) is 49.8 Å². The van der Waals surface area contributed by atoms with Gasteiger partial charge in [-0.25, -0.2) is 0 Å². The minimum Gasteiger partial charge on any atom is -0.328 e.